The molecule has 0 atom stereocenters. The van der Waals surface area contributed by atoms with E-state index in [-0.39, 0.29) is 15.1 Å². The molecule has 0 aromatic heterocycles. The third-order valence-corrected chi connectivity index (χ3v) is 3.69. The third-order valence-electron chi connectivity index (χ3n) is 1.68. The molecule has 9 heteroatoms. The second-order valence-corrected chi connectivity index (χ2v) is 6.29. The maximum atomic E-state index is 12.0. The van der Waals surface area contributed by atoms with E-state index in [4.69, 9.17) is 10.7 Å². The van der Waals surface area contributed by atoms with Gasteiger partial charge in [0.1, 0.15) is 0 Å². The average molecular weight is 349 g/mol. The number of anilines is 1. The molecule has 1 rings (SSSR count). The Balaban J connectivity index is 3.03. The van der Waals surface area contributed by atoms with Crippen LogP contribution in [0.3, 0.4) is 0 Å². The lowest BCUT2D eigenvalue weighted by Gasteiger charge is -2.07. The summed E-state index contributed by atoms with van der Waals surface area (Å²) in [6.45, 7) is 0. The van der Waals surface area contributed by atoms with Gasteiger partial charge in [-0.05, 0) is 34.1 Å². The van der Waals surface area contributed by atoms with E-state index in [0.29, 0.717) is 0 Å². The van der Waals surface area contributed by atoms with E-state index in [1.165, 1.54) is 0 Å². The van der Waals surface area contributed by atoms with Crippen molar-refractivity contribution in [3.8, 4) is 0 Å². The van der Waals surface area contributed by atoms with Crippen molar-refractivity contribution < 1.29 is 22.0 Å². The summed E-state index contributed by atoms with van der Waals surface area (Å²) in [5.74, 6) is -1.48. The first kappa shape index (κ1) is 14.3. The quantitative estimate of drug-likeness (QED) is 0.854. The van der Waals surface area contributed by atoms with Crippen molar-refractivity contribution in [2.75, 3.05) is 5.32 Å². The molecule has 17 heavy (non-hydrogen) atoms. The maximum Gasteiger partial charge on any atom is 0.315 e. The molecule has 0 unspecified atom stereocenters. The summed E-state index contributed by atoms with van der Waals surface area (Å²) < 4.78 is 46.0. The van der Waals surface area contributed by atoms with Gasteiger partial charge in [0.25, 0.3) is 15.0 Å². The smallest absolute Gasteiger partial charge is 0.315 e. The molecular formula is C8H5BrClF2NO3S. The summed E-state index contributed by atoms with van der Waals surface area (Å²) in [6, 6.07) is 3.34. The lowest BCUT2D eigenvalue weighted by molar-refractivity contribution is -0.126. The number of halogens is 4. The maximum absolute atomic E-state index is 12.0. The molecule has 0 bridgehead atoms. The monoisotopic (exact) mass is 347 g/mol. The Morgan fingerprint density at radius 3 is 2.41 bits per heavy atom. The fourth-order valence-electron chi connectivity index (χ4n) is 0.936. The van der Waals surface area contributed by atoms with Crippen LogP contribution in [-0.4, -0.2) is 20.8 Å². The highest BCUT2D eigenvalue weighted by Crippen LogP contribution is 2.27. The van der Waals surface area contributed by atoms with E-state index < -0.39 is 21.4 Å². The van der Waals surface area contributed by atoms with Crippen molar-refractivity contribution >= 4 is 47.3 Å². The minimum Gasteiger partial charge on any atom is -0.320 e. The van der Waals surface area contributed by atoms with E-state index in [1.807, 2.05) is 5.32 Å². The van der Waals surface area contributed by atoms with Crippen LogP contribution < -0.4 is 5.32 Å². The molecule has 0 saturated carbocycles. The minimum absolute atomic E-state index is 0.0272. The van der Waals surface area contributed by atoms with Crippen molar-refractivity contribution in [1.82, 2.24) is 0 Å². The first-order valence-corrected chi connectivity index (χ1v) is 7.15. The highest BCUT2D eigenvalue weighted by atomic mass is 79.9. The van der Waals surface area contributed by atoms with Gasteiger partial charge in [-0.2, -0.15) is 8.78 Å². The van der Waals surface area contributed by atoms with Gasteiger partial charge in [-0.15, -0.1) is 0 Å². The third kappa shape index (κ3) is 3.90. The van der Waals surface area contributed by atoms with Crippen molar-refractivity contribution in [1.29, 1.82) is 0 Å². The second-order valence-electron chi connectivity index (χ2n) is 2.87. The van der Waals surface area contributed by atoms with Crippen LogP contribution in [0.1, 0.15) is 0 Å². The van der Waals surface area contributed by atoms with Crippen LogP contribution in [0.4, 0.5) is 14.5 Å². The topological polar surface area (TPSA) is 63.2 Å². The number of rotatable bonds is 3. The lowest BCUT2D eigenvalue weighted by atomic mass is 10.3. The van der Waals surface area contributed by atoms with Gasteiger partial charge < -0.3 is 5.32 Å². The van der Waals surface area contributed by atoms with Gasteiger partial charge in [-0.1, -0.05) is 0 Å². The number of alkyl halides is 2. The molecule has 0 aliphatic rings. The molecule has 94 valence electrons. The molecule has 0 aliphatic heterocycles. The Kier molecular flexibility index (Phi) is 4.45. The predicted molar refractivity (Wildman–Crippen MR) is 61.8 cm³/mol. The zero-order chi connectivity index (χ0) is 13.2. The van der Waals surface area contributed by atoms with E-state index in [9.17, 15) is 22.0 Å². The van der Waals surface area contributed by atoms with Crippen molar-refractivity contribution in [3.05, 3.63) is 22.7 Å². The molecule has 4 nitrogen and oxygen atoms in total. The Hall–Kier alpha value is -0.730. The number of hydrogen-bond acceptors (Lipinski definition) is 3. The lowest BCUT2D eigenvalue weighted by Crippen LogP contribution is -2.20. The van der Waals surface area contributed by atoms with Gasteiger partial charge in [0, 0.05) is 15.2 Å². The van der Waals surface area contributed by atoms with Crippen molar-refractivity contribution in [2.24, 2.45) is 0 Å². The van der Waals surface area contributed by atoms with Crippen LogP contribution in [0, 0.1) is 0 Å². The fraction of sp³-hybridized carbons (Fsp3) is 0.125. The number of carbonyl (C=O) groups is 1. The highest BCUT2D eigenvalue weighted by molar-refractivity contribution is 9.10. The molecule has 1 N–H and O–H groups in total. The number of benzene rings is 1. The summed E-state index contributed by atoms with van der Waals surface area (Å²) in [5, 5.41) is 1.91. The van der Waals surface area contributed by atoms with Crippen LogP contribution in [0.2, 0.25) is 0 Å². The molecule has 1 aromatic carbocycles. The molecule has 0 saturated heterocycles. The summed E-state index contributed by atoms with van der Waals surface area (Å²) >= 11 is 2.93. The van der Waals surface area contributed by atoms with Crippen molar-refractivity contribution in [3.63, 3.8) is 0 Å². The van der Waals surface area contributed by atoms with Crippen LogP contribution >= 0.6 is 26.6 Å². The summed E-state index contributed by atoms with van der Waals surface area (Å²) in [7, 11) is 1.18. The summed E-state index contributed by atoms with van der Waals surface area (Å²) in [5.41, 5.74) is 0.0272. The van der Waals surface area contributed by atoms with Crippen molar-refractivity contribution in [2.45, 2.75) is 11.3 Å². The van der Waals surface area contributed by atoms with Crippen LogP contribution in [-0.2, 0) is 13.8 Å². The standard InChI is InChI=1S/C8H5BrClF2NO3S/c9-5-3-4(17(10,15)16)1-2-6(5)13-8(14)7(11)12/h1-3,7H,(H,13,14). The number of carbonyl (C=O) groups excluding carboxylic acids is 1. The Labute approximate surface area is 109 Å². The van der Waals surface area contributed by atoms with E-state index >= 15 is 0 Å². The number of nitrogens with one attached hydrogen (secondary N) is 1. The first-order chi connectivity index (χ1) is 7.71. The average Bonchev–Trinajstić information content (AvgIpc) is 2.19. The molecule has 0 fully saturated rings. The van der Waals surface area contributed by atoms with Gasteiger partial charge >= 0.3 is 6.43 Å². The van der Waals surface area contributed by atoms with Crippen LogP contribution in [0.5, 0.6) is 0 Å². The molecule has 1 amide bonds. The Morgan fingerprint density at radius 2 is 2.00 bits per heavy atom. The van der Waals surface area contributed by atoms with Gasteiger partial charge in [0.15, 0.2) is 0 Å². The summed E-state index contributed by atoms with van der Waals surface area (Å²) in [4.78, 5) is 10.5. The van der Waals surface area contributed by atoms with Gasteiger partial charge in [-0.3, -0.25) is 4.79 Å². The van der Waals surface area contributed by atoms with E-state index in [2.05, 4.69) is 15.9 Å². The van der Waals surface area contributed by atoms with E-state index in [0.717, 1.165) is 18.2 Å². The van der Waals surface area contributed by atoms with Gasteiger partial charge in [0.2, 0.25) is 0 Å². The normalized spacial score (nSPS) is 11.6. The summed E-state index contributed by atoms with van der Waals surface area (Å²) in [6.07, 6.45) is -3.15. The zero-order valence-corrected chi connectivity index (χ0v) is 11.1. The SMILES string of the molecule is O=C(Nc1ccc(S(=O)(=O)Cl)cc1Br)C(F)F. The second kappa shape index (κ2) is 5.28. The Bertz CT molecular complexity index is 550. The molecular weight excluding hydrogens is 344 g/mol. The minimum atomic E-state index is -3.91. The first-order valence-electron chi connectivity index (χ1n) is 4.05. The molecule has 0 spiro atoms. The largest absolute Gasteiger partial charge is 0.320 e. The van der Waals surface area contributed by atoms with Crippen LogP contribution in [0.25, 0.3) is 0 Å². The number of hydrogen-bond donors (Lipinski definition) is 1. The van der Waals surface area contributed by atoms with E-state index in [1.54, 1.807) is 0 Å². The molecule has 0 radical (unpaired) electrons. The molecule has 0 aliphatic carbocycles. The van der Waals surface area contributed by atoms with Crippen LogP contribution in [0.15, 0.2) is 27.6 Å². The van der Waals surface area contributed by atoms with Gasteiger partial charge in [-0.25, -0.2) is 8.42 Å². The molecule has 1 aromatic rings. The zero-order valence-electron chi connectivity index (χ0n) is 7.95. The highest BCUT2D eigenvalue weighted by Gasteiger charge is 2.17. The fourth-order valence-corrected chi connectivity index (χ4v) is 2.34. The Morgan fingerprint density at radius 1 is 1.41 bits per heavy atom. The number of amides is 1. The molecule has 0 heterocycles. The van der Waals surface area contributed by atoms with Gasteiger partial charge in [0.05, 0.1) is 10.6 Å². The predicted octanol–water partition coefficient (Wildman–Crippen LogP) is 2.58.